The number of nitrogens with one attached hydrogen (secondary N) is 1. The molecule has 7 heteroatoms. The number of amides is 1. The van der Waals surface area contributed by atoms with Crippen LogP contribution in [0.3, 0.4) is 0 Å². The Morgan fingerprint density at radius 1 is 1.55 bits per heavy atom. The Hall–Kier alpha value is -1.21. The molecular formula is C13H15BrN4OS. The number of hydrogen-bond acceptors (Lipinski definition) is 4. The Kier molecular flexibility index (Phi) is 3.89. The van der Waals surface area contributed by atoms with E-state index >= 15 is 0 Å². The van der Waals surface area contributed by atoms with E-state index in [9.17, 15) is 4.79 Å². The molecule has 1 aliphatic heterocycles. The first kappa shape index (κ1) is 13.8. The van der Waals surface area contributed by atoms with E-state index in [1.165, 1.54) is 29.9 Å². The second-order valence-corrected chi connectivity index (χ2v) is 6.58. The number of aryl methyl sites for hydroxylation is 2. The standard InChI is InChI=1S/C13H15BrN4OS/c1-8(15-12(19)13-16-11(14)7-20-13)10-6-9-4-2-3-5-18(9)17-10/h6-8H,2-5H2,1H3,(H,15,19). The van der Waals surface area contributed by atoms with Crippen LogP contribution in [0, 0.1) is 0 Å². The molecule has 20 heavy (non-hydrogen) atoms. The lowest BCUT2D eigenvalue weighted by molar-refractivity contribution is 0.0938. The molecule has 1 N–H and O–H groups in total. The van der Waals surface area contributed by atoms with Crippen molar-refractivity contribution in [2.45, 2.75) is 38.8 Å². The highest BCUT2D eigenvalue weighted by Crippen LogP contribution is 2.20. The van der Waals surface area contributed by atoms with E-state index in [2.05, 4.69) is 42.1 Å². The molecule has 1 atom stereocenters. The van der Waals surface area contributed by atoms with Crippen molar-refractivity contribution >= 4 is 33.2 Å². The van der Waals surface area contributed by atoms with E-state index in [1.54, 1.807) is 5.38 Å². The van der Waals surface area contributed by atoms with E-state index < -0.39 is 0 Å². The average molecular weight is 355 g/mol. The molecule has 106 valence electrons. The minimum absolute atomic E-state index is 0.108. The van der Waals surface area contributed by atoms with E-state index in [1.807, 2.05) is 6.92 Å². The number of hydrogen-bond donors (Lipinski definition) is 1. The quantitative estimate of drug-likeness (QED) is 0.921. The largest absolute Gasteiger partial charge is 0.342 e. The number of carbonyl (C=O) groups is 1. The zero-order valence-electron chi connectivity index (χ0n) is 11.1. The number of halogens is 1. The zero-order chi connectivity index (χ0) is 14.1. The summed E-state index contributed by atoms with van der Waals surface area (Å²) in [6.45, 7) is 2.93. The Bertz CT molecular complexity index is 613. The molecule has 0 spiro atoms. The van der Waals surface area contributed by atoms with Gasteiger partial charge in [-0.3, -0.25) is 9.48 Å². The van der Waals surface area contributed by atoms with Gasteiger partial charge in [0.2, 0.25) is 0 Å². The average Bonchev–Trinajstić information content (AvgIpc) is 3.04. The monoisotopic (exact) mass is 354 g/mol. The van der Waals surface area contributed by atoms with Gasteiger partial charge in [-0.05, 0) is 48.2 Å². The Morgan fingerprint density at radius 3 is 3.10 bits per heavy atom. The lowest BCUT2D eigenvalue weighted by Crippen LogP contribution is -2.27. The molecule has 0 fully saturated rings. The van der Waals surface area contributed by atoms with Gasteiger partial charge in [0, 0.05) is 17.6 Å². The first-order valence-corrected chi connectivity index (χ1v) is 8.29. The molecule has 0 bridgehead atoms. The second kappa shape index (κ2) is 5.65. The van der Waals surface area contributed by atoms with Crippen LogP contribution >= 0.6 is 27.3 Å². The van der Waals surface area contributed by atoms with Crippen LogP contribution in [0.1, 0.15) is 47.0 Å². The summed E-state index contributed by atoms with van der Waals surface area (Å²) >= 11 is 4.58. The fourth-order valence-electron chi connectivity index (χ4n) is 2.34. The van der Waals surface area contributed by atoms with Crippen LogP contribution < -0.4 is 5.32 Å². The van der Waals surface area contributed by atoms with Gasteiger partial charge in [0.1, 0.15) is 4.60 Å². The summed E-state index contributed by atoms with van der Waals surface area (Å²) in [6.07, 6.45) is 3.48. The molecule has 3 heterocycles. The Labute approximate surface area is 129 Å². The molecule has 0 radical (unpaired) electrons. The van der Waals surface area contributed by atoms with Crippen molar-refractivity contribution in [3.8, 4) is 0 Å². The van der Waals surface area contributed by atoms with Gasteiger partial charge in [-0.15, -0.1) is 11.3 Å². The third kappa shape index (κ3) is 2.78. The van der Waals surface area contributed by atoms with E-state index in [0.29, 0.717) is 9.61 Å². The normalized spacial score (nSPS) is 15.7. The molecule has 0 aliphatic carbocycles. The summed E-state index contributed by atoms with van der Waals surface area (Å²) in [4.78, 5) is 16.2. The summed E-state index contributed by atoms with van der Waals surface area (Å²) < 4.78 is 2.75. The molecule has 5 nitrogen and oxygen atoms in total. The summed E-state index contributed by atoms with van der Waals surface area (Å²) in [6, 6.07) is 1.99. The van der Waals surface area contributed by atoms with Crippen molar-refractivity contribution in [3.63, 3.8) is 0 Å². The highest BCUT2D eigenvalue weighted by Gasteiger charge is 2.19. The van der Waals surface area contributed by atoms with E-state index in [-0.39, 0.29) is 11.9 Å². The molecule has 2 aromatic heterocycles. The minimum atomic E-state index is -0.154. The van der Waals surface area contributed by atoms with Crippen LogP contribution in [0.2, 0.25) is 0 Å². The van der Waals surface area contributed by atoms with Gasteiger partial charge in [-0.1, -0.05) is 0 Å². The van der Waals surface area contributed by atoms with Crippen molar-refractivity contribution in [2.75, 3.05) is 0 Å². The lowest BCUT2D eigenvalue weighted by atomic mass is 10.1. The molecule has 0 aromatic carbocycles. The summed E-state index contributed by atoms with van der Waals surface area (Å²) in [5.41, 5.74) is 2.19. The van der Waals surface area contributed by atoms with Crippen molar-refractivity contribution in [2.24, 2.45) is 0 Å². The molecule has 3 rings (SSSR count). The van der Waals surface area contributed by atoms with Gasteiger partial charge in [-0.25, -0.2) is 4.98 Å². The first-order valence-electron chi connectivity index (χ1n) is 6.62. The van der Waals surface area contributed by atoms with Gasteiger partial charge in [-0.2, -0.15) is 5.10 Å². The SMILES string of the molecule is CC(NC(=O)c1nc(Br)cs1)c1cc2n(n1)CCCC2. The fourth-order valence-corrected chi connectivity index (χ4v) is 3.50. The van der Waals surface area contributed by atoms with Crippen molar-refractivity contribution < 1.29 is 4.79 Å². The topological polar surface area (TPSA) is 59.8 Å². The maximum atomic E-state index is 12.1. The fraction of sp³-hybridized carbons (Fsp3) is 0.462. The van der Waals surface area contributed by atoms with Crippen LogP contribution in [0.15, 0.2) is 16.0 Å². The predicted molar refractivity (Wildman–Crippen MR) is 80.9 cm³/mol. The number of rotatable bonds is 3. The smallest absolute Gasteiger partial charge is 0.280 e. The van der Waals surface area contributed by atoms with Gasteiger partial charge in [0.05, 0.1) is 11.7 Å². The Balaban J connectivity index is 1.71. The van der Waals surface area contributed by atoms with E-state index in [4.69, 9.17) is 0 Å². The van der Waals surface area contributed by atoms with Crippen LogP contribution in [-0.2, 0) is 13.0 Å². The summed E-state index contributed by atoms with van der Waals surface area (Å²) in [5, 5.41) is 9.79. The number of carbonyl (C=O) groups excluding carboxylic acids is 1. The molecular weight excluding hydrogens is 340 g/mol. The molecule has 2 aromatic rings. The molecule has 1 aliphatic rings. The Morgan fingerprint density at radius 2 is 2.40 bits per heavy atom. The number of nitrogens with zero attached hydrogens (tertiary/aromatic N) is 3. The third-order valence-corrected chi connectivity index (χ3v) is 4.95. The number of thiazole rings is 1. The van der Waals surface area contributed by atoms with Crippen LogP contribution in [-0.4, -0.2) is 20.7 Å². The van der Waals surface area contributed by atoms with Crippen molar-refractivity contribution in [1.29, 1.82) is 0 Å². The molecule has 0 saturated carbocycles. The third-order valence-electron chi connectivity index (χ3n) is 3.40. The maximum Gasteiger partial charge on any atom is 0.280 e. The zero-order valence-corrected chi connectivity index (χ0v) is 13.5. The molecule has 0 saturated heterocycles. The molecule has 1 amide bonds. The van der Waals surface area contributed by atoms with E-state index in [0.717, 1.165) is 18.7 Å². The second-order valence-electron chi connectivity index (χ2n) is 4.91. The highest BCUT2D eigenvalue weighted by atomic mass is 79.9. The molecule has 1 unspecified atom stereocenters. The van der Waals surface area contributed by atoms with Gasteiger partial charge in [0.15, 0.2) is 5.01 Å². The van der Waals surface area contributed by atoms with Gasteiger partial charge >= 0.3 is 0 Å². The van der Waals surface area contributed by atoms with Crippen LogP contribution in [0.4, 0.5) is 0 Å². The minimum Gasteiger partial charge on any atom is -0.342 e. The van der Waals surface area contributed by atoms with Gasteiger partial charge in [0.25, 0.3) is 5.91 Å². The number of fused-ring (bicyclic) bond motifs is 1. The maximum absolute atomic E-state index is 12.1. The number of aromatic nitrogens is 3. The lowest BCUT2D eigenvalue weighted by Gasteiger charge is -2.12. The van der Waals surface area contributed by atoms with Crippen molar-refractivity contribution in [3.05, 3.63) is 32.4 Å². The van der Waals surface area contributed by atoms with Gasteiger partial charge < -0.3 is 5.32 Å². The highest BCUT2D eigenvalue weighted by molar-refractivity contribution is 9.10. The van der Waals surface area contributed by atoms with Crippen molar-refractivity contribution in [1.82, 2.24) is 20.1 Å². The van der Waals surface area contributed by atoms with Crippen LogP contribution in [0.25, 0.3) is 0 Å². The summed E-state index contributed by atoms with van der Waals surface area (Å²) in [7, 11) is 0. The summed E-state index contributed by atoms with van der Waals surface area (Å²) in [5.74, 6) is -0.154. The van der Waals surface area contributed by atoms with Crippen LogP contribution in [0.5, 0.6) is 0 Å². The predicted octanol–water partition coefficient (Wildman–Crippen LogP) is 2.93. The first-order chi connectivity index (χ1) is 9.63.